The SMILES string of the molecule is CC(CCNC(=O)N1CCCC1C1CCCC1)C(=O)O. The van der Waals surface area contributed by atoms with Gasteiger partial charge in [-0.05, 0) is 38.0 Å². The van der Waals surface area contributed by atoms with Crippen LogP contribution >= 0.6 is 0 Å². The van der Waals surface area contributed by atoms with E-state index in [2.05, 4.69) is 5.32 Å². The molecular formula is C15H26N2O3. The summed E-state index contributed by atoms with van der Waals surface area (Å²) in [6.07, 6.45) is 7.82. The summed E-state index contributed by atoms with van der Waals surface area (Å²) < 4.78 is 0. The molecule has 1 heterocycles. The Morgan fingerprint density at radius 2 is 1.95 bits per heavy atom. The van der Waals surface area contributed by atoms with Crippen LogP contribution in [-0.2, 0) is 4.79 Å². The van der Waals surface area contributed by atoms with Crippen molar-refractivity contribution in [1.29, 1.82) is 0 Å². The molecule has 0 spiro atoms. The van der Waals surface area contributed by atoms with Gasteiger partial charge in [-0.1, -0.05) is 19.8 Å². The highest BCUT2D eigenvalue weighted by Crippen LogP contribution is 2.35. The first-order chi connectivity index (χ1) is 9.59. The predicted octanol–water partition coefficient (Wildman–Crippen LogP) is 2.46. The van der Waals surface area contributed by atoms with Crippen LogP contribution in [0.1, 0.15) is 51.9 Å². The van der Waals surface area contributed by atoms with Gasteiger partial charge in [-0.25, -0.2) is 4.79 Å². The summed E-state index contributed by atoms with van der Waals surface area (Å²) >= 11 is 0. The van der Waals surface area contributed by atoms with Crippen molar-refractivity contribution in [2.45, 2.75) is 57.9 Å². The molecular weight excluding hydrogens is 256 g/mol. The number of carboxylic acid groups (broad SMARTS) is 1. The lowest BCUT2D eigenvalue weighted by Crippen LogP contribution is -2.45. The summed E-state index contributed by atoms with van der Waals surface area (Å²) in [6, 6.07) is 0.409. The van der Waals surface area contributed by atoms with Gasteiger partial charge in [0.1, 0.15) is 0 Å². The molecule has 0 aromatic heterocycles. The second-order valence-electron chi connectivity index (χ2n) is 6.21. The molecule has 20 heavy (non-hydrogen) atoms. The van der Waals surface area contributed by atoms with Gasteiger partial charge in [-0.15, -0.1) is 0 Å². The third-order valence-corrected chi connectivity index (χ3v) is 4.78. The van der Waals surface area contributed by atoms with Crippen LogP contribution in [0.15, 0.2) is 0 Å². The fraction of sp³-hybridized carbons (Fsp3) is 0.867. The van der Waals surface area contributed by atoms with Crippen LogP contribution in [0, 0.1) is 11.8 Å². The molecule has 2 atom stereocenters. The highest BCUT2D eigenvalue weighted by atomic mass is 16.4. The lowest BCUT2D eigenvalue weighted by molar-refractivity contribution is -0.141. The molecule has 2 unspecified atom stereocenters. The van der Waals surface area contributed by atoms with Gasteiger partial charge >= 0.3 is 12.0 Å². The van der Waals surface area contributed by atoms with Crippen LogP contribution in [0.3, 0.4) is 0 Å². The molecule has 0 aromatic rings. The molecule has 2 N–H and O–H groups in total. The largest absolute Gasteiger partial charge is 0.481 e. The van der Waals surface area contributed by atoms with Gasteiger partial charge in [0.15, 0.2) is 0 Å². The average molecular weight is 282 g/mol. The Hall–Kier alpha value is -1.26. The molecule has 1 aliphatic heterocycles. The normalized spacial score (nSPS) is 24.9. The van der Waals surface area contributed by atoms with Crippen molar-refractivity contribution in [1.82, 2.24) is 10.2 Å². The average Bonchev–Trinajstić information content (AvgIpc) is 3.08. The minimum Gasteiger partial charge on any atom is -0.481 e. The fourth-order valence-corrected chi connectivity index (χ4v) is 3.50. The molecule has 114 valence electrons. The van der Waals surface area contributed by atoms with E-state index in [4.69, 9.17) is 5.11 Å². The molecule has 1 saturated heterocycles. The number of urea groups is 1. The van der Waals surface area contributed by atoms with Gasteiger partial charge < -0.3 is 15.3 Å². The number of amides is 2. The lowest BCUT2D eigenvalue weighted by atomic mass is 9.96. The number of carbonyl (C=O) groups excluding carboxylic acids is 1. The van der Waals surface area contributed by atoms with Crippen LogP contribution < -0.4 is 5.32 Å². The van der Waals surface area contributed by atoms with Crippen LogP contribution in [-0.4, -0.2) is 41.1 Å². The van der Waals surface area contributed by atoms with Crippen LogP contribution in [0.25, 0.3) is 0 Å². The van der Waals surface area contributed by atoms with Gasteiger partial charge in [0, 0.05) is 19.1 Å². The zero-order valence-corrected chi connectivity index (χ0v) is 12.3. The monoisotopic (exact) mass is 282 g/mol. The van der Waals surface area contributed by atoms with Crippen molar-refractivity contribution in [3.63, 3.8) is 0 Å². The number of carboxylic acids is 1. The smallest absolute Gasteiger partial charge is 0.317 e. The number of rotatable bonds is 5. The molecule has 5 nitrogen and oxygen atoms in total. The van der Waals surface area contributed by atoms with Gasteiger partial charge in [-0.2, -0.15) is 0 Å². The van der Waals surface area contributed by atoms with Crippen molar-refractivity contribution in [2.24, 2.45) is 11.8 Å². The van der Waals surface area contributed by atoms with Crippen molar-refractivity contribution in [3.05, 3.63) is 0 Å². The van der Waals surface area contributed by atoms with Crippen LogP contribution in [0.2, 0.25) is 0 Å². The number of nitrogens with one attached hydrogen (secondary N) is 1. The summed E-state index contributed by atoms with van der Waals surface area (Å²) in [7, 11) is 0. The Balaban J connectivity index is 1.77. The topological polar surface area (TPSA) is 69.6 Å². The van der Waals surface area contributed by atoms with Gasteiger partial charge in [-0.3, -0.25) is 4.79 Å². The first-order valence-electron chi connectivity index (χ1n) is 7.87. The molecule has 1 aliphatic carbocycles. The highest BCUT2D eigenvalue weighted by molar-refractivity contribution is 5.75. The quantitative estimate of drug-likeness (QED) is 0.813. The highest BCUT2D eigenvalue weighted by Gasteiger charge is 2.35. The number of aliphatic carboxylic acids is 1. The zero-order valence-electron chi connectivity index (χ0n) is 12.3. The standard InChI is InChI=1S/C15H26N2O3/c1-11(14(18)19)8-9-16-15(20)17-10-4-7-13(17)12-5-2-3-6-12/h11-13H,2-10H2,1H3,(H,16,20)(H,18,19). The maximum Gasteiger partial charge on any atom is 0.317 e. The van der Waals surface area contributed by atoms with E-state index in [1.54, 1.807) is 6.92 Å². The van der Waals surface area contributed by atoms with E-state index in [0.717, 1.165) is 19.4 Å². The van der Waals surface area contributed by atoms with Crippen LogP contribution in [0.4, 0.5) is 4.79 Å². The number of likely N-dealkylation sites (tertiary alicyclic amines) is 1. The maximum absolute atomic E-state index is 12.2. The number of hydrogen-bond acceptors (Lipinski definition) is 2. The zero-order chi connectivity index (χ0) is 14.5. The van der Waals surface area contributed by atoms with Gasteiger partial charge in [0.25, 0.3) is 0 Å². The van der Waals surface area contributed by atoms with E-state index < -0.39 is 11.9 Å². The minimum atomic E-state index is -0.802. The summed E-state index contributed by atoms with van der Waals surface area (Å²) in [5.41, 5.74) is 0. The van der Waals surface area contributed by atoms with E-state index in [-0.39, 0.29) is 6.03 Å². The molecule has 2 rings (SSSR count). The molecule has 2 fully saturated rings. The second-order valence-corrected chi connectivity index (χ2v) is 6.21. The summed E-state index contributed by atoms with van der Waals surface area (Å²) in [4.78, 5) is 25.0. The summed E-state index contributed by atoms with van der Waals surface area (Å²) in [5.74, 6) is -0.523. The molecule has 1 saturated carbocycles. The van der Waals surface area contributed by atoms with Crippen LogP contribution in [0.5, 0.6) is 0 Å². The number of nitrogens with zero attached hydrogens (tertiary/aromatic N) is 1. The van der Waals surface area contributed by atoms with E-state index >= 15 is 0 Å². The van der Waals surface area contributed by atoms with Gasteiger partial charge in [0.05, 0.1) is 5.92 Å². The predicted molar refractivity (Wildman–Crippen MR) is 76.5 cm³/mol. The fourth-order valence-electron chi connectivity index (χ4n) is 3.50. The number of carbonyl (C=O) groups is 2. The third-order valence-electron chi connectivity index (χ3n) is 4.78. The van der Waals surface area contributed by atoms with E-state index in [9.17, 15) is 9.59 Å². The van der Waals surface area contributed by atoms with Crippen molar-refractivity contribution >= 4 is 12.0 Å². The third kappa shape index (κ3) is 3.64. The Morgan fingerprint density at radius 3 is 2.60 bits per heavy atom. The first kappa shape index (κ1) is 15.1. The van der Waals surface area contributed by atoms with E-state index in [0.29, 0.717) is 24.9 Å². The maximum atomic E-state index is 12.2. The van der Waals surface area contributed by atoms with Gasteiger partial charge in [0.2, 0.25) is 0 Å². The Labute approximate surface area is 120 Å². The van der Waals surface area contributed by atoms with E-state index in [1.165, 1.54) is 25.7 Å². The first-order valence-corrected chi connectivity index (χ1v) is 7.87. The molecule has 2 amide bonds. The van der Waals surface area contributed by atoms with Crippen molar-refractivity contribution < 1.29 is 14.7 Å². The minimum absolute atomic E-state index is 0.00279. The Bertz CT molecular complexity index is 353. The number of hydrogen-bond donors (Lipinski definition) is 2. The van der Waals surface area contributed by atoms with E-state index in [1.807, 2.05) is 4.90 Å². The Morgan fingerprint density at radius 1 is 1.25 bits per heavy atom. The molecule has 0 aromatic carbocycles. The van der Waals surface area contributed by atoms with Crippen molar-refractivity contribution in [3.8, 4) is 0 Å². The van der Waals surface area contributed by atoms with Crippen molar-refractivity contribution in [2.75, 3.05) is 13.1 Å². The lowest BCUT2D eigenvalue weighted by Gasteiger charge is -2.29. The molecule has 2 aliphatic rings. The second kappa shape index (κ2) is 6.95. The molecule has 0 bridgehead atoms. The molecule has 0 radical (unpaired) electrons. The summed E-state index contributed by atoms with van der Waals surface area (Å²) in [6.45, 7) is 2.97. The Kier molecular flexibility index (Phi) is 5.26. The molecule has 5 heteroatoms. The summed E-state index contributed by atoms with van der Waals surface area (Å²) in [5, 5.41) is 11.7.